The molecule has 0 saturated carbocycles. The number of hydrogen-bond donors (Lipinski definition) is 4. The van der Waals surface area contributed by atoms with Crippen LogP contribution in [0.3, 0.4) is 0 Å². The molecule has 1 aliphatic heterocycles. The molecule has 1 aromatic heterocycles. The van der Waals surface area contributed by atoms with Gasteiger partial charge in [0.1, 0.15) is 0 Å². The number of rotatable bonds is 5. The number of carboxylic acids is 1. The van der Waals surface area contributed by atoms with Gasteiger partial charge in [0, 0.05) is 29.4 Å². The normalized spacial score (nSPS) is 24.5. The van der Waals surface area contributed by atoms with E-state index in [1.54, 1.807) is 29.0 Å². The Morgan fingerprint density at radius 3 is 2.77 bits per heavy atom. The highest BCUT2D eigenvalue weighted by Gasteiger charge is 2.48. The standard InChI is InChI=1S/C16H18N4O3S2.BrH/c1-10(21)18-16(19-12-5-3-4-11(6-12)14(22)23)20-15(2,8-25-16)13-7-17-9-24-13;/h3-7,9,19-20H,8H2,1-2H3,(H,18,21)(H,22,23);1H. The van der Waals surface area contributed by atoms with Crippen LogP contribution in [0.4, 0.5) is 5.69 Å². The van der Waals surface area contributed by atoms with E-state index < -0.39 is 11.1 Å². The lowest BCUT2D eigenvalue weighted by Gasteiger charge is -2.34. The number of carboxylic acid groups (broad SMARTS) is 1. The van der Waals surface area contributed by atoms with E-state index in [0.717, 1.165) is 4.88 Å². The van der Waals surface area contributed by atoms with E-state index >= 15 is 0 Å². The Morgan fingerprint density at radius 1 is 1.38 bits per heavy atom. The Labute approximate surface area is 169 Å². The lowest BCUT2D eigenvalue weighted by Crippen LogP contribution is -2.61. The van der Waals surface area contributed by atoms with Gasteiger partial charge in [0.25, 0.3) is 0 Å². The van der Waals surface area contributed by atoms with Gasteiger partial charge in [-0.15, -0.1) is 28.3 Å². The fourth-order valence-electron chi connectivity index (χ4n) is 2.68. The minimum Gasteiger partial charge on any atom is -0.478 e. The van der Waals surface area contributed by atoms with Crippen LogP contribution in [0.15, 0.2) is 36.0 Å². The van der Waals surface area contributed by atoms with Gasteiger partial charge >= 0.3 is 5.97 Å². The lowest BCUT2D eigenvalue weighted by atomic mass is 10.0. The molecule has 1 aromatic carbocycles. The summed E-state index contributed by atoms with van der Waals surface area (Å²) in [6.45, 7) is 3.49. The summed E-state index contributed by atoms with van der Waals surface area (Å²) in [6.07, 6.45) is 1.81. The summed E-state index contributed by atoms with van der Waals surface area (Å²) in [4.78, 5) is 28.1. The van der Waals surface area contributed by atoms with Crippen molar-refractivity contribution < 1.29 is 14.7 Å². The molecule has 1 fully saturated rings. The quantitative estimate of drug-likeness (QED) is 0.510. The highest BCUT2D eigenvalue weighted by Crippen LogP contribution is 2.41. The van der Waals surface area contributed by atoms with Crippen LogP contribution in [-0.4, -0.2) is 32.8 Å². The molecule has 1 aliphatic rings. The number of aromatic nitrogens is 1. The zero-order chi connectivity index (χ0) is 18.1. The molecule has 0 spiro atoms. The maximum Gasteiger partial charge on any atom is 0.335 e. The third-order valence-electron chi connectivity index (χ3n) is 3.79. The zero-order valence-corrected chi connectivity index (χ0v) is 17.5. The van der Waals surface area contributed by atoms with E-state index in [9.17, 15) is 9.59 Å². The Morgan fingerprint density at radius 2 is 2.15 bits per heavy atom. The molecule has 1 amide bonds. The highest BCUT2D eigenvalue weighted by molar-refractivity contribution is 8.93. The van der Waals surface area contributed by atoms with E-state index in [1.165, 1.54) is 30.8 Å². The molecule has 140 valence electrons. The predicted molar refractivity (Wildman–Crippen MR) is 109 cm³/mol. The molecule has 7 nitrogen and oxygen atoms in total. The van der Waals surface area contributed by atoms with Crippen molar-refractivity contribution in [2.24, 2.45) is 0 Å². The maximum atomic E-state index is 11.8. The highest BCUT2D eigenvalue weighted by atomic mass is 79.9. The van der Waals surface area contributed by atoms with Crippen molar-refractivity contribution in [3.05, 3.63) is 46.4 Å². The second kappa shape index (κ2) is 7.95. The molecule has 2 aromatic rings. The first-order valence-electron chi connectivity index (χ1n) is 7.54. The van der Waals surface area contributed by atoms with Crippen molar-refractivity contribution in [3.63, 3.8) is 0 Å². The SMILES string of the molecule is Br.CC(=O)NC1(Nc2cccc(C(=O)O)c2)NC(C)(c2cncs2)CS1. The molecule has 0 aliphatic carbocycles. The number of benzene rings is 1. The van der Waals surface area contributed by atoms with Crippen molar-refractivity contribution in [2.75, 3.05) is 11.1 Å². The summed E-state index contributed by atoms with van der Waals surface area (Å²) in [5.41, 5.74) is 2.18. The van der Waals surface area contributed by atoms with E-state index in [-0.39, 0.29) is 34.0 Å². The minimum absolute atomic E-state index is 0. The number of nitrogens with zero attached hydrogens (tertiary/aromatic N) is 1. The molecule has 0 bridgehead atoms. The average Bonchev–Trinajstić information content (AvgIpc) is 3.17. The molecular weight excluding hydrogens is 440 g/mol. The number of carbonyl (C=O) groups is 2. The Kier molecular flexibility index (Phi) is 6.33. The third-order valence-corrected chi connectivity index (χ3v) is 6.29. The van der Waals surface area contributed by atoms with Crippen LogP contribution in [0.2, 0.25) is 0 Å². The number of halogens is 1. The number of amides is 1. The summed E-state index contributed by atoms with van der Waals surface area (Å²) in [5.74, 6) is -0.490. The van der Waals surface area contributed by atoms with E-state index in [0.29, 0.717) is 11.4 Å². The average molecular weight is 459 g/mol. The summed E-state index contributed by atoms with van der Waals surface area (Å²) in [6, 6.07) is 6.49. The van der Waals surface area contributed by atoms with E-state index in [4.69, 9.17) is 5.11 Å². The van der Waals surface area contributed by atoms with E-state index in [2.05, 4.69) is 20.9 Å². The van der Waals surface area contributed by atoms with Gasteiger partial charge in [0.2, 0.25) is 11.0 Å². The number of thioether (sulfide) groups is 1. The Balaban J connectivity index is 0.00000243. The molecule has 2 heterocycles. The van der Waals surface area contributed by atoms with Gasteiger partial charge < -0.3 is 15.7 Å². The third kappa shape index (κ3) is 4.37. The number of aromatic carboxylic acids is 1. The molecule has 10 heteroatoms. The second-order valence-electron chi connectivity index (χ2n) is 5.98. The van der Waals surface area contributed by atoms with Gasteiger partial charge in [-0.05, 0) is 25.1 Å². The van der Waals surface area contributed by atoms with Gasteiger partial charge in [0.15, 0.2) is 0 Å². The molecule has 0 radical (unpaired) electrons. The van der Waals surface area contributed by atoms with Gasteiger partial charge in [-0.2, -0.15) is 0 Å². The van der Waals surface area contributed by atoms with Crippen molar-refractivity contribution in [3.8, 4) is 0 Å². The first kappa shape index (κ1) is 20.7. The van der Waals surface area contributed by atoms with Crippen molar-refractivity contribution >= 4 is 57.6 Å². The number of carbonyl (C=O) groups excluding carboxylic acids is 1. The molecule has 2 atom stereocenters. The first-order chi connectivity index (χ1) is 11.8. The smallest absolute Gasteiger partial charge is 0.335 e. The number of nitrogens with one attached hydrogen (secondary N) is 3. The number of anilines is 1. The topological polar surface area (TPSA) is 103 Å². The maximum absolute atomic E-state index is 11.8. The fraction of sp³-hybridized carbons (Fsp3) is 0.312. The Bertz CT molecular complexity index is 805. The largest absolute Gasteiger partial charge is 0.478 e. The number of hydrogen-bond acceptors (Lipinski definition) is 7. The van der Waals surface area contributed by atoms with Crippen LogP contribution < -0.4 is 16.0 Å². The van der Waals surface area contributed by atoms with Crippen LogP contribution in [0.1, 0.15) is 29.1 Å². The van der Waals surface area contributed by atoms with Crippen LogP contribution in [-0.2, 0) is 10.3 Å². The minimum atomic E-state index is -1.00. The lowest BCUT2D eigenvalue weighted by molar-refractivity contribution is -0.120. The molecule has 1 saturated heterocycles. The van der Waals surface area contributed by atoms with Gasteiger partial charge in [0.05, 0.1) is 16.6 Å². The molecule has 26 heavy (non-hydrogen) atoms. The van der Waals surface area contributed by atoms with Crippen LogP contribution in [0.25, 0.3) is 0 Å². The number of thiazole rings is 1. The van der Waals surface area contributed by atoms with E-state index in [1.807, 2.05) is 13.1 Å². The van der Waals surface area contributed by atoms with Crippen molar-refractivity contribution in [1.82, 2.24) is 15.6 Å². The summed E-state index contributed by atoms with van der Waals surface area (Å²) >= 11 is 3.06. The summed E-state index contributed by atoms with van der Waals surface area (Å²) in [7, 11) is 0. The van der Waals surface area contributed by atoms with Crippen LogP contribution >= 0.6 is 40.1 Å². The second-order valence-corrected chi connectivity index (χ2v) is 8.06. The predicted octanol–water partition coefficient (Wildman–Crippen LogP) is 2.83. The van der Waals surface area contributed by atoms with Gasteiger partial charge in [-0.3, -0.25) is 15.1 Å². The van der Waals surface area contributed by atoms with Crippen molar-refractivity contribution in [2.45, 2.75) is 24.5 Å². The zero-order valence-electron chi connectivity index (χ0n) is 14.1. The van der Waals surface area contributed by atoms with Gasteiger partial charge in [-0.1, -0.05) is 17.8 Å². The fourth-order valence-corrected chi connectivity index (χ4v) is 4.95. The molecule has 2 unspecified atom stereocenters. The molecule has 3 rings (SSSR count). The Hall–Kier alpha value is -1.62. The monoisotopic (exact) mass is 458 g/mol. The molecule has 4 N–H and O–H groups in total. The summed E-state index contributed by atoms with van der Waals surface area (Å²) in [5, 5.41) is 17.8. The van der Waals surface area contributed by atoms with Crippen LogP contribution in [0.5, 0.6) is 0 Å². The first-order valence-corrected chi connectivity index (χ1v) is 9.41. The summed E-state index contributed by atoms with van der Waals surface area (Å²) < 4.78 is 0. The van der Waals surface area contributed by atoms with Gasteiger partial charge in [-0.25, -0.2) is 4.79 Å². The van der Waals surface area contributed by atoms with Crippen LogP contribution in [0, 0.1) is 0 Å². The van der Waals surface area contributed by atoms with Crippen molar-refractivity contribution in [1.29, 1.82) is 0 Å². The molecular formula is C16H19BrN4O3S2.